The Labute approximate surface area is 87.0 Å². The molecule has 2 rings (SSSR count). The van der Waals surface area contributed by atoms with Crippen molar-refractivity contribution in [3.8, 4) is 6.07 Å². The summed E-state index contributed by atoms with van der Waals surface area (Å²) in [5.41, 5.74) is 0.362. The van der Waals surface area contributed by atoms with Gasteiger partial charge in [0.25, 0.3) is 0 Å². The molecule has 0 saturated heterocycles. The van der Waals surface area contributed by atoms with Crippen molar-refractivity contribution < 1.29 is 5.11 Å². The van der Waals surface area contributed by atoms with Gasteiger partial charge >= 0.3 is 0 Å². The molecule has 1 atom stereocenters. The van der Waals surface area contributed by atoms with Crippen molar-refractivity contribution in [1.29, 1.82) is 5.26 Å². The lowest BCUT2D eigenvalue weighted by molar-refractivity contribution is 0.00775. The molecule has 1 aromatic rings. The fourth-order valence-electron chi connectivity index (χ4n) is 1.74. The third kappa shape index (κ3) is 1.33. The zero-order valence-corrected chi connectivity index (χ0v) is 8.84. The highest BCUT2D eigenvalue weighted by molar-refractivity contribution is 7.09. The maximum Gasteiger partial charge on any atom is 0.124 e. The fourth-order valence-corrected chi connectivity index (χ4v) is 2.63. The molecule has 1 aromatic heterocycles. The van der Waals surface area contributed by atoms with E-state index >= 15 is 0 Å². The summed E-state index contributed by atoms with van der Waals surface area (Å²) in [5, 5.41) is 21.7. The van der Waals surface area contributed by atoms with E-state index in [-0.39, 0.29) is 0 Å². The molecule has 0 amide bonds. The minimum Gasteiger partial charge on any atom is -0.384 e. The van der Waals surface area contributed by atoms with E-state index in [4.69, 9.17) is 5.26 Å². The molecule has 1 aliphatic carbocycles. The summed E-state index contributed by atoms with van der Waals surface area (Å²) in [6, 6.07) is 2.24. The van der Waals surface area contributed by atoms with E-state index < -0.39 is 11.5 Å². The third-order valence-electron chi connectivity index (χ3n) is 2.86. The monoisotopic (exact) mass is 208 g/mol. The number of hydrogen-bond donors (Lipinski definition) is 1. The smallest absolute Gasteiger partial charge is 0.124 e. The third-order valence-corrected chi connectivity index (χ3v) is 3.88. The van der Waals surface area contributed by atoms with E-state index in [1.165, 1.54) is 11.3 Å². The topological polar surface area (TPSA) is 56.9 Å². The first-order valence-corrected chi connectivity index (χ1v) is 5.57. The molecular weight excluding hydrogens is 196 g/mol. The van der Waals surface area contributed by atoms with Crippen LogP contribution < -0.4 is 0 Å². The number of aromatic nitrogens is 1. The van der Waals surface area contributed by atoms with Gasteiger partial charge in [0.05, 0.1) is 11.5 Å². The molecule has 4 heteroatoms. The Morgan fingerprint density at radius 2 is 2.43 bits per heavy atom. The minimum absolute atomic E-state index is 0.551. The van der Waals surface area contributed by atoms with E-state index in [0.717, 1.165) is 25.0 Å². The molecule has 3 nitrogen and oxygen atoms in total. The van der Waals surface area contributed by atoms with Gasteiger partial charge in [-0.3, -0.25) is 0 Å². The van der Waals surface area contributed by atoms with Crippen LogP contribution in [0.5, 0.6) is 0 Å². The van der Waals surface area contributed by atoms with Crippen molar-refractivity contribution in [2.24, 2.45) is 5.41 Å². The van der Waals surface area contributed by atoms with Crippen LogP contribution in [0.4, 0.5) is 0 Å². The highest BCUT2D eigenvalue weighted by Gasteiger charge is 2.45. The predicted molar refractivity (Wildman–Crippen MR) is 53.7 cm³/mol. The summed E-state index contributed by atoms with van der Waals surface area (Å²) >= 11 is 1.44. The number of thiazole rings is 1. The minimum atomic E-state index is -0.694. The van der Waals surface area contributed by atoms with Gasteiger partial charge in [0.2, 0.25) is 0 Å². The highest BCUT2D eigenvalue weighted by Crippen LogP contribution is 2.50. The largest absolute Gasteiger partial charge is 0.384 e. The second-order valence-corrected chi connectivity index (χ2v) is 4.74. The first-order valence-electron chi connectivity index (χ1n) is 4.69. The summed E-state index contributed by atoms with van der Waals surface area (Å²) in [7, 11) is 0. The quantitative estimate of drug-likeness (QED) is 0.810. The van der Waals surface area contributed by atoms with Crippen LogP contribution in [0.2, 0.25) is 0 Å². The van der Waals surface area contributed by atoms with Gasteiger partial charge < -0.3 is 5.11 Å². The van der Waals surface area contributed by atoms with Gasteiger partial charge in [-0.15, -0.1) is 11.3 Å². The summed E-state index contributed by atoms with van der Waals surface area (Å²) in [6.07, 6.45) is 1.93. The zero-order valence-electron chi connectivity index (χ0n) is 8.03. The zero-order chi connectivity index (χ0) is 10.2. The number of rotatable bonds is 2. The molecule has 0 aromatic carbocycles. The Balaban J connectivity index is 2.23. The van der Waals surface area contributed by atoms with Crippen molar-refractivity contribution in [2.45, 2.75) is 32.3 Å². The lowest BCUT2D eigenvalue weighted by atomic mass is 9.66. The van der Waals surface area contributed by atoms with Crippen molar-refractivity contribution in [3.63, 3.8) is 0 Å². The van der Waals surface area contributed by atoms with Crippen LogP contribution in [0.25, 0.3) is 0 Å². The van der Waals surface area contributed by atoms with Crippen LogP contribution in [0, 0.1) is 23.7 Å². The Hall–Kier alpha value is -0.920. The van der Waals surface area contributed by atoms with Gasteiger partial charge in [0.15, 0.2) is 0 Å². The van der Waals surface area contributed by atoms with E-state index in [1.54, 1.807) is 0 Å². The van der Waals surface area contributed by atoms with Crippen LogP contribution in [-0.4, -0.2) is 10.1 Å². The molecule has 0 bridgehead atoms. The molecule has 0 radical (unpaired) electrons. The van der Waals surface area contributed by atoms with Gasteiger partial charge in [-0.2, -0.15) is 5.26 Å². The van der Waals surface area contributed by atoms with Crippen LogP contribution in [0.15, 0.2) is 5.38 Å². The fraction of sp³-hybridized carbons (Fsp3) is 0.600. The van der Waals surface area contributed by atoms with Crippen molar-refractivity contribution in [2.75, 3.05) is 0 Å². The van der Waals surface area contributed by atoms with Gasteiger partial charge in [-0.25, -0.2) is 4.98 Å². The summed E-state index contributed by atoms with van der Waals surface area (Å²) in [4.78, 5) is 4.22. The van der Waals surface area contributed by atoms with Crippen LogP contribution in [0.1, 0.15) is 36.1 Å². The lowest BCUT2D eigenvalue weighted by Crippen LogP contribution is -2.34. The molecule has 1 saturated carbocycles. The average molecular weight is 208 g/mol. The van der Waals surface area contributed by atoms with Gasteiger partial charge in [-0.1, -0.05) is 6.42 Å². The second-order valence-electron chi connectivity index (χ2n) is 3.85. The van der Waals surface area contributed by atoms with Gasteiger partial charge in [0, 0.05) is 11.1 Å². The Morgan fingerprint density at radius 1 is 1.71 bits per heavy atom. The number of aliphatic hydroxyl groups is 1. The normalized spacial score (nSPS) is 20.9. The van der Waals surface area contributed by atoms with Crippen LogP contribution in [0.3, 0.4) is 0 Å². The maximum atomic E-state index is 10.0. The summed E-state index contributed by atoms with van der Waals surface area (Å²) in [6.45, 7) is 1.90. The van der Waals surface area contributed by atoms with E-state index in [1.807, 2.05) is 12.3 Å². The van der Waals surface area contributed by atoms with Crippen molar-refractivity contribution >= 4 is 11.3 Å². The molecule has 1 unspecified atom stereocenters. The van der Waals surface area contributed by atoms with Crippen LogP contribution in [-0.2, 0) is 0 Å². The molecule has 74 valence electrons. The molecule has 1 N–H and O–H groups in total. The number of aliphatic hydroxyl groups excluding tert-OH is 1. The average Bonchev–Trinajstić information content (AvgIpc) is 2.50. The van der Waals surface area contributed by atoms with E-state index in [0.29, 0.717) is 5.01 Å². The molecular formula is C10H12N2OS. The molecule has 14 heavy (non-hydrogen) atoms. The Kier molecular flexibility index (Phi) is 2.30. The first-order chi connectivity index (χ1) is 6.68. The van der Waals surface area contributed by atoms with E-state index in [9.17, 15) is 5.11 Å². The lowest BCUT2D eigenvalue weighted by Gasteiger charge is -2.38. The molecule has 1 heterocycles. The Morgan fingerprint density at radius 3 is 2.79 bits per heavy atom. The van der Waals surface area contributed by atoms with Crippen molar-refractivity contribution in [1.82, 2.24) is 4.98 Å². The highest BCUT2D eigenvalue weighted by atomic mass is 32.1. The molecule has 0 aliphatic heterocycles. The van der Waals surface area contributed by atoms with Crippen molar-refractivity contribution in [3.05, 3.63) is 16.1 Å². The summed E-state index contributed by atoms with van der Waals surface area (Å²) in [5.74, 6) is 0. The Bertz CT molecular complexity index is 376. The van der Waals surface area contributed by atoms with Crippen LogP contribution >= 0.6 is 11.3 Å². The maximum absolute atomic E-state index is 10.0. The SMILES string of the molecule is Cc1csc(C(O)C2(C#N)CCC2)n1. The second kappa shape index (κ2) is 3.34. The van der Waals surface area contributed by atoms with Gasteiger partial charge in [0.1, 0.15) is 11.1 Å². The first kappa shape index (κ1) is 9.63. The molecule has 1 fully saturated rings. The standard InChI is InChI=1S/C10H12N2OS/c1-7-5-14-9(12-7)8(13)10(6-11)3-2-4-10/h5,8,13H,2-4H2,1H3. The number of nitrogens with zero attached hydrogens (tertiary/aromatic N) is 2. The molecule has 0 spiro atoms. The number of hydrogen-bond acceptors (Lipinski definition) is 4. The summed E-state index contributed by atoms with van der Waals surface area (Å²) < 4.78 is 0. The predicted octanol–water partition coefficient (Wildman–Crippen LogP) is 2.18. The number of aryl methyl sites for hydroxylation is 1. The number of nitriles is 1. The molecule has 1 aliphatic rings. The van der Waals surface area contributed by atoms with E-state index in [2.05, 4.69) is 11.1 Å². The van der Waals surface area contributed by atoms with Gasteiger partial charge in [-0.05, 0) is 19.8 Å².